The summed E-state index contributed by atoms with van der Waals surface area (Å²) < 4.78 is 41.6. The van der Waals surface area contributed by atoms with Crippen molar-refractivity contribution in [3.8, 4) is 5.88 Å². The van der Waals surface area contributed by atoms with Crippen LogP contribution in [-0.4, -0.2) is 35.2 Å². The number of rotatable bonds is 4. The molecular weight excluding hydrogens is 343 g/mol. The average molecular weight is 359 g/mol. The van der Waals surface area contributed by atoms with Gasteiger partial charge in [-0.25, -0.2) is 9.97 Å². The number of nitrogens with one attached hydrogen (secondary N) is 1. The number of hydrogen-bond acceptors (Lipinski definition) is 5. The maximum Gasteiger partial charge on any atom is 0.405 e. The molecule has 0 aromatic carbocycles. The molecule has 0 saturated heterocycles. The predicted octanol–water partition coefficient (Wildman–Crippen LogP) is 2.87. The fourth-order valence-electron chi connectivity index (χ4n) is 2.74. The Balaban J connectivity index is 1.74. The van der Waals surface area contributed by atoms with Crippen molar-refractivity contribution < 1.29 is 22.7 Å². The Morgan fingerprint density at radius 1 is 1.46 bits per heavy atom. The number of ether oxygens (including phenoxy) is 1. The highest BCUT2D eigenvalue weighted by atomic mass is 32.1. The summed E-state index contributed by atoms with van der Waals surface area (Å²) in [5, 5.41) is 2.56. The van der Waals surface area contributed by atoms with Crippen LogP contribution in [0.4, 0.5) is 13.2 Å². The number of hydrogen-bond donors (Lipinski definition) is 1. The lowest BCUT2D eigenvalue weighted by Gasteiger charge is -2.18. The number of carbonyl (C=O) groups excluding carboxylic acids is 1. The van der Waals surface area contributed by atoms with Crippen LogP contribution in [0.15, 0.2) is 6.33 Å². The molecule has 5 nitrogen and oxygen atoms in total. The van der Waals surface area contributed by atoms with E-state index in [9.17, 15) is 18.0 Å². The van der Waals surface area contributed by atoms with Crippen molar-refractivity contribution in [2.24, 2.45) is 5.92 Å². The Bertz CT molecular complexity index is 760. The van der Waals surface area contributed by atoms with E-state index in [1.54, 1.807) is 16.7 Å². The number of thiophene rings is 1. The maximum absolute atomic E-state index is 12.1. The van der Waals surface area contributed by atoms with E-state index < -0.39 is 25.2 Å². The second-order valence-corrected chi connectivity index (χ2v) is 6.97. The maximum atomic E-state index is 12.1. The topological polar surface area (TPSA) is 64.1 Å². The molecule has 130 valence electrons. The van der Waals surface area contributed by atoms with Crippen LogP contribution < -0.4 is 10.1 Å². The van der Waals surface area contributed by atoms with Crippen LogP contribution in [0.5, 0.6) is 5.88 Å². The summed E-state index contributed by atoms with van der Waals surface area (Å²) in [4.78, 5) is 21.8. The highest BCUT2D eigenvalue weighted by molar-refractivity contribution is 7.18. The number of amides is 1. The second-order valence-electron chi connectivity index (χ2n) is 5.89. The van der Waals surface area contributed by atoms with Crippen LogP contribution in [0.2, 0.25) is 0 Å². The van der Waals surface area contributed by atoms with Gasteiger partial charge in [-0.05, 0) is 30.7 Å². The zero-order chi connectivity index (χ0) is 17.3. The number of fused-ring (bicyclic) bond motifs is 3. The van der Waals surface area contributed by atoms with E-state index in [1.807, 2.05) is 0 Å². The Kier molecular flexibility index (Phi) is 4.62. The van der Waals surface area contributed by atoms with Gasteiger partial charge in [-0.15, -0.1) is 11.3 Å². The molecule has 2 heterocycles. The summed E-state index contributed by atoms with van der Waals surface area (Å²) >= 11 is 1.59. The molecule has 2 aromatic rings. The molecule has 1 N–H and O–H groups in total. The van der Waals surface area contributed by atoms with Crippen molar-refractivity contribution in [2.45, 2.75) is 32.4 Å². The fraction of sp³-hybridized carbons (Fsp3) is 0.533. The highest BCUT2D eigenvalue weighted by Crippen LogP contribution is 2.40. The quantitative estimate of drug-likeness (QED) is 0.912. The van der Waals surface area contributed by atoms with Gasteiger partial charge in [0.15, 0.2) is 6.61 Å². The van der Waals surface area contributed by atoms with Crippen molar-refractivity contribution in [3.05, 3.63) is 16.8 Å². The number of aryl methyl sites for hydroxylation is 1. The van der Waals surface area contributed by atoms with Crippen LogP contribution in [-0.2, 0) is 17.6 Å². The monoisotopic (exact) mass is 359 g/mol. The summed E-state index contributed by atoms with van der Waals surface area (Å²) in [5.41, 5.74) is 1.14. The number of aromatic nitrogens is 2. The number of nitrogens with zero attached hydrogens (tertiary/aromatic N) is 2. The van der Waals surface area contributed by atoms with Crippen molar-refractivity contribution in [2.75, 3.05) is 13.2 Å². The third kappa shape index (κ3) is 3.77. The minimum atomic E-state index is -4.44. The number of carbonyl (C=O) groups is 1. The minimum Gasteiger partial charge on any atom is -0.467 e. The van der Waals surface area contributed by atoms with Crippen molar-refractivity contribution >= 4 is 27.5 Å². The van der Waals surface area contributed by atoms with Gasteiger partial charge in [0.05, 0.1) is 5.39 Å². The highest BCUT2D eigenvalue weighted by Gasteiger charge is 2.28. The molecule has 0 bridgehead atoms. The van der Waals surface area contributed by atoms with Crippen LogP contribution >= 0.6 is 11.3 Å². The number of halogens is 3. The standard InChI is InChI=1S/C15H16F3N3O2S/c1-8-2-3-9-10(4-8)24-14-12(9)13(20-7-21-14)23-5-11(22)19-6-15(16,17)18/h7-8H,2-6H2,1H3,(H,19,22). The van der Waals surface area contributed by atoms with Gasteiger partial charge in [-0.3, -0.25) is 4.79 Å². The van der Waals surface area contributed by atoms with E-state index in [1.165, 1.54) is 11.2 Å². The molecule has 0 fully saturated rings. The molecule has 0 radical (unpaired) electrons. The largest absolute Gasteiger partial charge is 0.467 e. The van der Waals surface area contributed by atoms with Crippen molar-refractivity contribution in [1.29, 1.82) is 0 Å². The van der Waals surface area contributed by atoms with Gasteiger partial charge in [0, 0.05) is 4.88 Å². The third-order valence-electron chi connectivity index (χ3n) is 3.88. The lowest BCUT2D eigenvalue weighted by Crippen LogP contribution is -2.36. The molecule has 1 amide bonds. The van der Waals surface area contributed by atoms with Gasteiger partial charge in [0.25, 0.3) is 5.91 Å². The van der Waals surface area contributed by atoms with Crippen LogP contribution in [0.25, 0.3) is 10.2 Å². The third-order valence-corrected chi connectivity index (χ3v) is 5.05. The first-order valence-corrected chi connectivity index (χ1v) is 8.36. The smallest absolute Gasteiger partial charge is 0.405 e. The second kappa shape index (κ2) is 6.54. The SMILES string of the molecule is CC1CCc2c(sc3ncnc(OCC(=O)NCC(F)(F)F)c23)C1. The van der Waals surface area contributed by atoms with E-state index in [0.29, 0.717) is 5.92 Å². The first-order chi connectivity index (χ1) is 11.3. The van der Waals surface area contributed by atoms with Crippen LogP contribution in [0.3, 0.4) is 0 Å². The molecule has 3 rings (SSSR count). The Hall–Kier alpha value is -1.90. The fourth-order valence-corrected chi connectivity index (χ4v) is 4.08. The zero-order valence-corrected chi connectivity index (χ0v) is 13.8. The molecule has 1 aliphatic rings. The van der Waals surface area contributed by atoms with Gasteiger partial charge in [0.2, 0.25) is 5.88 Å². The molecule has 0 saturated carbocycles. The van der Waals surface area contributed by atoms with Crippen LogP contribution in [0, 0.1) is 5.92 Å². The Morgan fingerprint density at radius 2 is 2.25 bits per heavy atom. The molecule has 2 aromatic heterocycles. The molecule has 0 aliphatic heterocycles. The molecule has 1 atom stereocenters. The van der Waals surface area contributed by atoms with E-state index in [2.05, 4.69) is 16.9 Å². The average Bonchev–Trinajstić information content (AvgIpc) is 2.88. The van der Waals surface area contributed by atoms with E-state index in [-0.39, 0.29) is 5.88 Å². The van der Waals surface area contributed by atoms with Gasteiger partial charge >= 0.3 is 6.18 Å². The van der Waals surface area contributed by atoms with Gasteiger partial charge in [-0.1, -0.05) is 6.92 Å². The first kappa shape index (κ1) is 16.9. The molecule has 24 heavy (non-hydrogen) atoms. The molecular formula is C15H16F3N3O2S. The van der Waals surface area contributed by atoms with E-state index in [0.717, 1.165) is 35.0 Å². The van der Waals surface area contributed by atoms with Gasteiger partial charge < -0.3 is 10.1 Å². The lowest BCUT2D eigenvalue weighted by molar-refractivity contribution is -0.139. The summed E-state index contributed by atoms with van der Waals surface area (Å²) in [7, 11) is 0. The Labute approximate surface area is 140 Å². The summed E-state index contributed by atoms with van der Waals surface area (Å²) in [6.45, 7) is 0.310. The Morgan fingerprint density at radius 3 is 3.00 bits per heavy atom. The van der Waals surface area contributed by atoms with Crippen molar-refractivity contribution in [3.63, 3.8) is 0 Å². The summed E-state index contributed by atoms with van der Waals surface area (Å²) in [6, 6.07) is 0. The first-order valence-electron chi connectivity index (χ1n) is 7.55. The van der Waals surface area contributed by atoms with Gasteiger partial charge in [-0.2, -0.15) is 13.2 Å². The van der Waals surface area contributed by atoms with Crippen molar-refractivity contribution in [1.82, 2.24) is 15.3 Å². The van der Waals surface area contributed by atoms with Crippen LogP contribution in [0.1, 0.15) is 23.8 Å². The van der Waals surface area contributed by atoms with Gasteiger partial charge in [0.1, 0.15) is 17.7 Å². The molecule has 9 heteroatoms. The number of alkyl halides is 3. The predicted molar refractivity (Wildman–Crippen MR) is 83.2 cm³/mol. The zero-order valence-electron chi connectivity index (χ0n) is 12.9. The molecule has 1 aliphatic carbocycles. The molecule has 0 spiro atoms. The summed E-state index contributed by atoms with van der Waals surface area (Å²) in [5.74, 6) is 0.0297. The normalized spacial score (nSPS) is 17.6. The van der Waals surface area contributed by atoms with E-state index in [4.69, 9.17) is 4.74 Å². The van der Waals surface area contributed by atoms with E-state index >= 15 is 0 Å². The minimum absolute atomic E-state index is 0.259. The summed E-state index contributed by atoms with van der Waals surface area (Å²) in [6.07, 6.45) is -0.181. The lowest BCUT2D eigenvalue weighted by atomic mass is 9.89. The molecule has 1 unspecified atom stereocenters.